The summed E-state index contributed by atoms with van der Waals surface area (Å²) in [5, 5.41) is 3.50. The first-order valence-electron chi connectivity index (χ1n) is 6.55. The number of nitrogens with zero attached hydrogens (tertiary/aromatic N) is 1. The normalized spacial score (nSPS) is 10.8. The zero-order chi connectivity index (χ0) is 15.7. The van der Waals surface area contributed by atoms with Crippen molar-refractivity contribution in [1.82, 2.24) is 15.3 Å². The third kappa shape index (κ3) is 2.60. The van der Waals surface area contributed by atoms with Gasteiger partial charge in [0, 0.05) is 11.6 Å². The number of amides is 1. The third-order valence-electron chi connectivity index (χ3n) is 3.24. The number of carbonyl (C=O) groups excluding carboxylic acids is 1. The second-order valence-electron chi connectivity index (χ2n) is 4.76. The van der Waals surface area contributed by atoms with E-state index >= 15 is 0 Å². The van der Waals surface area contributed by atoms with Gasteiger partial charge in [-0.25, -0.2) is 4.98 Å². The molecule has 0 aliphatic heterocycles. The molecular weight excluding hydrogens is 306 g/mol. The maximum Gasteiger partial charge on any atom is 0.262 e. The number of hydrogen-bond donors (Lipinski definition) is 2. The van der Waals surface area contributed by atoms with Crippen molar-refractivity contribution in [3.05, 3.63) is 62.9 Å². The molecule has 2 aromatic heterocycles. The molecule has 0 aliphatic carbocycles. The van der Waals surface area contributed by atoms with Gasteiger partial charge in [-0.3, -0.25) is 9.59 Å². The molecule has 112 valence electrons. The molecule has 3 rings (SSSR count). The Morgan fingerprint density at radius 1 is 1.45 bits per heavy atom. The number of benzene rings is 1. The molecule has 2 N–H and O–H groups in total. The minimum absolute atomic E-state index is 0.147. The molecule has 0 unspecified atom stereocenters. The molecular formula is C15H12ClN3O3. The van der Waals surface area contributed by atoms with E-state index in [1.807, 2.05) is 6.07 Å². The van der Waals surface area contributed by atoms with E-state index in [2.05, 4.69) is 15.3 Å². The summed E-state index contributed by atoms with van der Waals surface area (Å²) in [4.78, 5) is 30.6. The highest BCUT2D eigenvalue weighted by atomic mass is 35.5. The average molecular weight is 318 g/mol. The fraction of sp³-hybridized carbons (Fsp3) is 0.133. The second kappa shape index (κ2) is 5.65. The van der Waals surface area contributed by atoms with Crippen molar-refractivity contribution in [1.29, 1.82) is 0 Å². The van der Waals surface area contributed by atoms with Crippen LogP contribution in [-0.4, -0.2) is 15.9 Å². The highest BCUT2D eigenvalue weighted by Crippen LogP contribution is 2.20. The summed E-state index contributed by atoms with van der Waals surface area (Å²) in [6.45, 7) is 1.92. The lowest BCUT2D eigenvalue weighted by Gasteiger charge is -2.05. The number of rotatable bonds is 3. The first-order valence-corrected chi connectivity index (χ1v) is 6.93. The Kier molecular flexibility index (Phi) is 3.68. The summed E-state index contributed by atoms with van der Waals surface area (Å²) in [5.41, 5.74) is 0.800. The van der Waals surface area contributed by atoms with Crippen molar-refractivity contribution in [2.75, 3.05) is 0 Å². The van der Waals surface area contributed by atoms with Crippen LogP contribution in [-0.2, 0) is 6.54 Å². The number of aromatic amines is 1. The highest BCUT2D eigenvalue weighted by Gasteiger charge is 2.21. The number of furan rings is 1. The molecule has 0 atom stereocenters. The molecule has 0 saturated carbocycles. The van der Waals surface area contributed by atoms with Crippen molar-refractivity contribution in [3.8, 4) is 0 Å². The van der Waals surface area contributed by atoms with Gasteiger partial charge in [-0.15, -0.1) is 0 Å². The van der Waals surface area contributed by atoms with E-state index < -0.39 is 11.5 Å². The Hall–Kier alpha value is -2.60. The Morgan fingerprint density at radius 2 is 2.27 bits per heavy atom. The largest absolute Gasteiger partial charge is 0.442 e. The van der Waals surface area contributed by atoms with Crippen molar-refractivity contribution in [2.24, 2.45) is 0 Å². The van der Waals surface area contributed by atoms with Crippen LogP contribution in [0.25, 0.3) is 11.1 Å². The molecule has 22 heavy (non-hydrogen) atoms. The first kappa shape index (κ1) is 14.3. The number of hydrogen-bond acceptors (Lipinski definition) is 4. The topological polar surface area (TPSA) is 88.0 Å². The molecule has 0 bridgehead atoms. The lowest BCUT2D eigenvalue weighted by atomic mass is 10.1. The van der Waals surface area contributed by atoms with Crippen molar-refractivity contribution in [3.63, 3.8) is 0 Å². The predicted molar refractivity (Wildman–Crippen MR) is 82.0 cm³/mol. The van der Waals surface area contributed by atoms with Gasteiger partial charge < -0.3 is 14.7 Å². The van der Waals surface area contributed by atoms with Gasteiger partial charge in [-0.2, -0.15) is 0 Å². The fourth-order valence-electron chi connectivity index (χ4n) is 2.24. The van der Waals surface area contributed by atoms with Crippen LogP contribution in [0.3, 0.4) is 0 Å². The molecule has 1 amide bonds. The zero-order valence-corrected chi connectivity index (χ0v) is 12.4. The summed E-state index contributed by atoms with van der Waals surface area (Å²) in [5.74, 6) is -0.0440. The van der Waals surface area contributed by atoms with Crippen LogP contribution in [0.15, 0.2) is 39.8 Å². The second-order valence-corrected chi connectivity index (χ2v) is 5.19. The summed E-state index contributed by atoms with van der Waals surface area (Å²) in [6, 6.07) is 7.17. The van der Waals surface area contributed by atoms with Crippen LogP contribution < -0.4 is 10.9 Å². The fourth-order valence-corrected chi connectivity index (χ4v) is 2.46. The van der Waals surface area contributed by atoms with E-state index in [1.165, 1.54) is 6.33 Å². The molecule has 0 saturated heterocycles. The summed E-state index contributed by atoms with van der Waals surface area (Å²) in [7, 11) is 0. The van der Waals surface area contributed by atoms with Crippen molar-refractivity contribution in [2.45, 2.75) is 13.5 Å². The van der Waals surface area contributed by atoms with Crippen LogP contribution in [0.5, 0.6) is 0 Å². The van der Waals surface area contributed by atoms with Crippen LogP contribution in [0.1, 0.15) is 21.7 Å². The van der Waals surface area contributed by atoms with Gasteiger partial charge in [0.1, 0.15) is 11.1 Å². The highest BCUT2D eigenvalue weighted by molar-refractivity contribution is 6.30. The van der Waals surface area contributed by atoms with Gasteiger partial charge in [-0.1, -0.05) is 23.7 Å². The maximum atomic E-state index is 12.4. The van der Waals surface area contributed by atoms with Crippen LogP contribution >= 0.6 is 11.6 Å². The summed E-state index contributed by atoms with van der Waals surface area (Å²) in [6.07, 6.45) is 1.24. The number of H-pyrrole nitrogens is 1. The van der Waals surface area contributed by atoms with Gasteiger partial charge in [-0.05, 0) is 24.6 Å². The molecule has 0 fully saturated rings. The van der Waals surface area contributed by atoms with E-state index in [0.29, 0.717) is 17.3 Å². The van der Waals surface area contributed by atoms with Crippen LogP contribution in [0.2, 0.25) is 5.02 Å². The van der Waals surface area contributed by atoms with Crippen molar-refractivity contribution < 1.29 is 9.21 Å². The van der Waals surface area contributed by atoms with Gasteiger partial charge >= 0.3 is 0 Å². The van der Waals surface area contributed by atoms with E-state index in [4.69, 9.17) is 16.0 Å². The molecule has 3 aromatic rings. The Bertz CT molecular complexity index is 914. The third-order valence-corrected chi connectivity index (χ3v) is 3.47. The maximum absolute atomic E-state index is 12.4. The zero-order valence-electron chi connectivity index (χ0n) is 11.6. The SMILES string of the molecule is Cc1oc2nc[nH]c(=O)c2c1C(=O)NCc1cccc(Cl)c1. The first-order chi connectivity index (χ1) is 10.6. The van der Waals surface area contributed by atoms with E-state index in [1.54, 1.807) is 25.1 Å². The Balaban J connectivity index is 1.90. The van der Waals surface area contributed by atoms with Crippen molar-refractivity contribution >= 4 is 28.6 Å². The van der Waals surface area contributed by atoms with Gasteiger partial charge in [0.05, 0.1) is 11.9 Å². The lowest BCUT2D eigenvalue weighted by Crippen LogP contribution is -2.24. The minimum atomic E-state index is -0.408. The summed E-state index contributed by atoms with van der Waals surface area (Å²) < 4.78 is 5.36. The monoisotopic (exact) mass is 317 g/mol. The van der Waals surface area contributed by atoms with E-state index in [-0.39, 0.29) is 16.7 Å². The molecule has 7 heteroatoms. The lowest BCUT2D eigenvalue weighted by molar-refractivity contribution is 0.0950. The van der Waals surface area contributed by atoms with Crippen LogP contribution in [0, 0.1) is 6.92 Å². The van der Waals surface area contributed by atoms with E-state index in [0.717, 1.165) is 5.56 Å². The molecule has 6 nitrogen and oxygen atoms in total. The summed E-state index contributed by atoms with van der Waals surface area (Å²) >= 11 is 5.90. The minimum Gasteiger partial charge on any atom is -0.442 e. The molecule has 0 spiro atoms. The van der Waals surface area contributed by atoms with E-state index in [9.17, 15) is 9.59 Å². The number of aromatic nitrogens is 2. The number of aryl methyl sites for hydroxylation is 1. The molecule has 1 aromatic carbocycles. The quantitative estimate of drug-likeness (QED) is 0.776. The average Bonchev–Trinajstić information content (AvgIpc) is 2.82. The van der Waals surface area contributed by atoms with Gasteiger partial charge in [0.25, 0.3) is 11.5 Å². The molecule has 2 heterocycles. The molecule has 0 radical (unpaired) electrons. The van der Waals surface area contributed by atoms with Gasteiger partial charge in [0.15, 0.2) is 0 Å². The number of nitrogens with one attached hydrogen (secondary N) is 2. The smallest absolute Gasteiger partial charge is 0.262 e. The number of carbonyl (C=O) groups is 1. The Labute approximate surface area is 130 Å². The Morgan fingerprint density at radius 3 is 3.05 bits per heavy atom. The molecule has 0 aliphatic rings. The predicted octanol–water partition coefficient (Wildman–Crippen LogP) is 2.41. The van der Waals surface area contributed by atoms with Gasteiger partial charge in [0.2, 0.25) is 5.71 Å². The number of fused-ring (bicyclic) bond motifs is 1. The standard InChI is InChI=1S/C15H12ClN3O3/c1-8-11(12-14(21)18-7-19-15(12)22-8)13(20)17-6-9-3-2-4-10(16)5-9/h2-5,7H,6H2,1H3,(H,17,20)(H,18,19,21). The van der Waals surface area contributed by atoms with Crippen LogP contribution in [0.4, 0.5) is 0 Å². The number of halogens is 1.